The number of likely N-dealkylation sites (tertiary alicyclic amines) is 1. The van der Waals surface area contributed by atoms with Crippen LogP contribution in [-0.2, 0) is 0 Å². The first-order chi connectivity index (χ1) is 12.2. The number of halogens is 1. The van der Waals surface area contributed by atoms with Crippen LogP contribution in [0, 0.1) is 5.82 Å². The van der Waals surface area contributed by atoms with Crippen molar-refractivity contribution < 1.29 is 13.9 Å². The highest BCUT2D eigenvalue weighted by atomic mass is 19.1. The average molecular weight is 341 g/mol. The summed E-state index contributed by atoms with van der Waals surface area (Å²) in [6.45, 7) is 3.99. The fourth-order valence-electron chi connectivity index (χ4n) is 3.38. The number of hydrogen-bond donors (Lipinski definition) is 0. The molecule has 3 rings (SSSR count). The lowest BCUT2D eigenvalue weighted by molar-refractivity contribution is 0.0754. The van der Waals surface area contributed by atoms with E-state index in [1.807, 2.05) is 48.2 Å². The highest BCUT2D eigenvalue weighted by molar-refractivity contribution is 5.94. The van der Waals surface area contributed by atoms with Crippen molar-refractivity contribution in [2.45, 2.75) is 32.1 Å². The molecule has 1 atom stereocenters. The van der Waals surface area contributed by atoms with Crippen LogP contribution in [0.3, 0.4) is 0 Å². The zero-order chi connectivity index (χ0) is 17.6. The van der Waals surface area contributed by atoms with Gasteiger partial charge in [0.2, 0.25) is 0 Å². The molecule has 25 heavy (non-hydrogen) atoms. The fourth-order valence-corrected chi connectivity index (χ4v) is 3.38. The van der Waals surface area contributed by atoms with Gasteiger partial charge >= 0.3 is 0 Å². The van der Waals surface area contributed by atoms with Crippen molar-refractivity contribution >= 4 is 5.91 Å². The van der Waals surface area contributed by atoms with Gasteiger partial charge in [0.25, 0.3) is 5.91 Å². The van der Waals surface area contributed by atoms with E-state index >= 15 is 0 Å². The second-order valence-electron chi connectivity index (χ2n) is 6.45. The standard InChI is InChI=1S/C21H24FNO2/c1-2-25-20-12-8-17(9-13-20)21(24)23-14-4-3-5-18(15-23)16-6-10-19(22)11-7-16/h6-13,18H,2-5,14-15H2,1H3. The van der Waals surface area contributed by atoms with Crippen LogP contribution in [0.5, 0.6) is 5.75 Å². The highest BCUT2D eigenvalue weighted by Crippen LogP contribution is 2.27. The number of ether oxygens (including phenoxy) is 1. The molecule has 0 spiro atoms. The molecular formula is C21H24FNO2. The Morgan fingerprint density at radius 3 is 2.52 bits per heavy atom. The number of carbonyl (C=O) groups excluding carboxylic acids is 1. The van der Waals surface area contributed by atoms with E-state index < -0.39 is 0 Å². The predicted molar refractivity (Wildman–Crippen MR) is 96.5 cm³/mol. The maximum Gasteiger partial charge on any atom is 0.253 e. The molecule has 0 N–H and O–H groups in total. The van der Waals surface area contributed by atoms with Crippen molar-refractivity contribution in [3.63, 3.8) is 0 Å². The first-order valence-corrected chi connectivity index (χ1v) is 8.95. The minimum absolute atomic E-state index is 0.0528. The zero-order valence-corrected chi connectivity index (χ0v) is 14.6. The second-order valence-corrected chi connectivity index (χ2v) is 6.45. The van der Waals surface area contributed by atoms with Gasteiger partial charge in [-0.15, -0.1) is 0 Å². The second kappa shape index (κ2) is 8.15. The van der Waals surface area contributed by atoms with E-state index in [1.54, 1.807) is 0 Å². The molecule has 0 bridgehead atoms. The molecule has 1 unspecified atom stereocenters. The third kappa shape index (κ3) is 4.38. The number of nitrogens with zero attached hydrogens (tertiary/aromatic N) is 1. The van der Waals surface area contributed by atoms with Crippen LogP contribution < -0.4 is 4.74 Å². The Hall–Kier alpha value is -2.36. The normalized spacial score (nSPS) is 17.8. The van der Waals surface area contributed by atoms with Crippen molar-refractivity contribution in [1.82, 2.24) is 4.90 Å². The number of carbonyl (C=O) groups is 1. The Balaban J connectivity index is 1.73. The molecule has 0 aliphatic carbocycles. The molecule has 1 aliphatic heterocycles. The number of benzene rings is 2. The van der Waals surface area contributed by atoms with Crippen LogP contribution in [0.25, 0.3) is 0 Å². The first kappa shape index (κ1) is 17.5. The van der Waals surface area contributed by atoms with Gasteiger partial charge in [0.1, 0.15) is 11.6 Å². The van der Waals surface area contributed by atoms with E-state index in [9.17, 15) is 9.18 Å². The molecule has 132 valence electrons. The van der Waals surface area contributed by atoms with Gasteiger partial charge in [-0.1, -0.05) is 18.6 Å². The van der Waals surface area contributed by atoms with Crippen LogP contribution in [0.1, 0.15) is 48.0 Å². The minimum Gasteiger partial charge on any atom is -0.494 e. The smallest absolute Gasteiger partial charge is 0.253 e. The third-order valence-electron chi connectivity index (χ3n) is 4.71. The van der Waals surface area contributed by atoms with Gasteiger partial charge in [-0.2, -0.15) is 0 Å². The van der Waals surface area contributed by atoms with E-state index in [4.69, 9.17) is 4.74 Å². The first-order valence-electron chi connectivity index (χ1n) is 8.95. The molecule has 2 aromatic carbocycles. The average Bonchev–Trinajstić information content (AvgIpc) is 2.89. The molecule has 1 saturated heterocycles. The van der Waals surface area contributed by atoms with E-state index in [0.29, 0.717) is 18.7 Å². The lowest BCUT2D eigenvalue weighted by atomic mass is 9.94. The molecule has 1 amide bonds. The lowest BCUT2D eigenvalue weighted by Crippen LogP contribution is -2.34. The van der Waals surface area contributed by atoms with Crippen molar-refractivity contribution in [1.29, 1.82) is 0 Å². The number of rotatable bonds is 4. The van der Waals surface area contributed by atoms with Crippen LogP contribution in [0.2, 0.25) is 0 Å². The molecule has 0 radical (unpaired) electrons. The van der Waals surface area contributed by atoms with Crippen molar-refractivity contribution in [3.05, 3.63) is 65.5 Å². The van der Waals surface area contributed by atoms with Crippen LogP contribution in [0.4, 0.5) is 4.39 Å². The van der Waals surface area contributed by atoms with Gasteiger partial charge in [-0.05, 0) is 61.7 Å². The molecular weight excluding hydrogens is 317 g/mol. The van der Waals surface area contributed by atoms with E-state index in [2.05, 4.69) is 0 Å². The summed E-state index contributed by atoms with van der Waals surface area (Å²) >= 11 is 0. The van der Waals surface area contributed by atoms with Gasteiger partial charge in [-0.25, -0.2) is 4.39 Å². The lowest BCUT2D eigenvalue weighted by Gasteiger charge is -2.25. The van der Waals surface area contributed by atoms with Crippen LogP contribution in [0.15, 0.2) is 48.5 Å². The predicted octanol–water partition coefficient (Wildman–Crippen LogP) is 4.63. The van der Waals surface area contributed by atoms with Gasteiger partial charge in [-0.3, -0.25) is 4.79 Å². The molecule has 0 aromatic heterocycles. The Morgan fingerprint density at radius 1 is 1.12 bits per heavy atom. The third-order valence-corrected chi connectivity index (χ3v) is 4.71. The Kier molecular flexibility index (Phi) is 5.69. The van der Waals surface area contributed by atoms with Gasteiger partial charge < -0.3 is 9.64 Å². The topological polar surface area (TPSA) is 29.5 Å². The minimum atomic E-state index is -0.223. The Bertz CT molecular complexity index is 697. The van der Waals surface area contributed by atoms with Crippen LogP contribution in [-0.4, -0.2) is 30.5 Å². The van der Waals surface area contributed by atoms with E-state index in [1.165, 1.54) is 12.1 Å². The summed E-state index contributed by atoms with van der Waals surface area (Å²) in [5.74, 6) is 0.866. The summed E-state index contributed by atoms with van der Waals surface area (Å²) in [7, 11) is 0. The fraction of sp³-hybridized carbons (Fsp3) is 0.381. The van der Waals surface area contributed by atoms with Crippen LogP contribution >= 0.6 is 0 Å². The number of hydrogen-bond acceptors (Lipinski definition) is 2. The molecule has 1 heterocycles. The Morgan fingerprint density at radius 2 is 1.84 bits per heavy atom. The van der Waals surface area contributed by atoms with Crippen molar-refractivity contribution in [2.75, 3.05) is 19.7 Å². The quantitative estimate of drug-likeness (QED) is 0.811. The Labute approximate surface area is 148 Å². The highest BCUT2D eigenvalue weighted by Gasteiger charge is 2.24. The summed E-state index contributed by atoms with van der Waals surface area (Å²) in [4.78, 5) is 14.8. The molecule has 0 saturated carbocycles. The zero-order valence-electron chi connectivity index (χ0n) is 14.6. The monoisotopic (exact) mass is 341 g/mol. The molecule has 3 nitrogen and oxygen atoms in total. The van der Waals surface area contributed by atoms with Gasteiger partial charge in [0, 0.05) is 24.6 Å². The summed E-state index contributed by atoms with van der Waals surface area (Å²) in [6.07, 6.45) is 3.11. The largest absolute Gasteiger partial charge is 0.494 e. The number of amides is 1. The van der Waals surface area contributed by atoms with E-state index in [0.717, 1.165) is 37.1 Å². The summed E-state index contributed by atoms with van der Waals surface area (Å²) < 4.78 is 18.6. The van der Waals surface area contributed by atoms with E-state index in [-0.39, 0.29) is 17.6 Å². The SMILES string of the molecule is CCOc1ccc(C(=O)N2CCCCC(c3ccc(F)cc3)C2)cc1. The maximum absolute atomic E-state index is 13.2. The molecule has 4 heteroatoms. The van der Waals surface area contributed by atoms with Crippen molar-refractivity contribution in [3.8, 4) is 5.75 Å². The summed E-state index contributed by atoms with van der Waals surface area (Å²) in [5.41, 5.74) is 1.79. The molecule has 1 fully saturated rings. The van der Waals surface area contributed by atoms with Gasteiger partial charge in [0.05, 0.1) is 6.61 Å². The van der Waals surface area contributed by atoms with Crippen molar-refractivity contribution in [2.24, 2.45) is 0 Å². The molecule has 1 aliphatic rings. The maximum atomic E-state index is 13.2. The molecule has 2 aromatic rings. The summed E-state index contributed by atoms with van der Waals surface area (Å²) in [5, 5.41) is 0. The van der Waals surface area contributed by atoms with Gasteiger partial charge in [0.15, 0.2) is 0 Å². The summed E-state index contributed by atoms with van der Waals surface area (Å²) in [6, 6.07) is 14.0.